The number of nitrogens with zero attached hydrogens (tertiary/aromatic N) is 2. The Hall–Kier alpha value is -3.55. The number of rotatable bonds is 8. The fourth-order valence-corrected chi connectivity index (χ4v) is 5.84. The normalized spacial score (nSPS) is 12.8. The van der Waals surface area contributed by atoms with Crippen LogP contribution in [-0.4, -0.2) is 28.0 Å². The summed E-state index contributed by atoms with van der Waals surface area (Å²) in [4.78, 5) is 30.7. The minimum Gasteiger partial charge on any atom is -0.493 e. The van der Waals surface area contributed by atoms with Crippen LogP contribution in [0.4, 0.5) is 5.69 Å². The summed E-state index contributed by atoms with van der Waals surface area (Å²) in [6, 6.07) is 13.4. The number of carbonyl (C=O) groups excluding carboxylic acids is 2. The molecular weight excluding hydrogens is 571 g/mol. The number of halogens is 2. The lowest BCUT2D eigenvalue weighted by atomic mass is 9.95. The highest BCUT2D eigenvalue weighted by Gasteiger charge is 2.23. The molecule has 0 saturated heterocycles. The first kappa shape index (κ1) is 29.9. The van der Waals surface area contributed by atoms with Crippen molar-refractivity contribution in [1.82, 2.24) is 14.9 Å². The molecule has 1 heterocycles. The van der Waals surface area contributed by atoms with Crippen molar-refractivity contribution in [1.29, 1.82) is 0 Å². The van der Waals surface area contributed by atoms with Gasteiger partial charge in [0.25, 0.3) is 5.91 Å². The van der Waals surface area contributed by atoms with E-state index in [0.29, 0.717) is 46.4 Å². The summed E-state index contributed by atoms with van der Waals surface area (Å²) in [5.41, 5.74) is 6.31. The highest BCUT2D eigenvalue weighted by Crippen LogP contribution is 2.33. The van der Waals surface area contributed by atoms with Crippen molar-refractivity contribution in [3.63, 3.8) is 0 Å². The zero-order valence-electron chi connectivity index (χ0n) is 24.7. The lowest BCUT2D eigenvalue weighted by Gasteiger charge is -2.18. The summed E-state index contributed by atoms with van der Waals surface area (Å²) in [5.74, 6) is 0.905. The number of anilines is 1. The Kier molecular flexibility index (Phi) is 8.53. The molecule has 0 radical (unpaired) electrons. The number of imidazole rings is 1. The summed E-state index contributed by atoms with van der Waals surface area (Å²) >= 11 is 13.4. The van der Waals surface area contributed by atoms with Crippen LogP contribution >= 0.6 is 23.2 Å². The van der Waals surface area contributed by atoms with Gasteiger partial charge < -0.3 is 19.9 Å². The van der Waals surface area contributed by atoms with Gasteiger partial charge in [-0.3, -0.25) is 9.59 Å². The molecule has 0 spiro atoms. The van der Waals surface area contributed by atoms with E-state index < -0.39 is 5.41 Å². The lowest BCUT2D eigenvalue weighted by molar-refractivity contribution is -0.128. The van der Waals surface area contributed by atoms with Crippen molar-refractivity contribution >= 4 is 51.7 Å². The van der Waals surface area contributed by atoms with Gasteiger partial charge in [0, 0.05) is 42.2 Å². The second kappa shape index (κ2) is 12.0. The van der Waals surface area contributed by atoms with E-state index in [1.54, 1.807) is 12.1 Å². The molecule has 2 amide bonds. The van der Waals surface area contributed by atoms with E-state index >= 15 is 0 Å². The molecule has 4 aromatic rings. The van der Waals surface area contributed by atoms with Gasteiger partial charge in [-0.15, -0.1) is 0 Å². The smallest absolute Gasteiger partial charge is 0.259 e. The van der Waals surface area contributed by atoms with Gasteiger partial charge in [0.1, 0.15) is 11.6 Å². The van der Waals surface area contributed by atoms with Crippen molar-refractivity contribution in [3.05, 3.63) is 86.2 Å². The Balaban J connectivity index is 1.44. The van der Waals surface area contributed by atoms with Gasteiger partial charge in [-0.2, -0.15) is 0 Å². The SMILES string of the molecule is CCOc1cc2c(cc1C(=O)Nc1ccc3c(c1)CCC3)nc(Cc1c(Cl)ccc(CNC(=O)C(C)(C)C)c1Cl)n2C. The van der Waals surface area contributed by atoms with Gasteiger partial charge >= 0.3 is 0 Å². The number of ether oxygens (including phenoxy) is 1. The average Bonchev–Trinajstić information content (AvgIpc) is 3.53. The third-order valence-electron chi connectivity index (χ3n) is 7.70. The number of aromatic nitrogens is 2. The number of amides is 2. The van der Waals surface area contributed by atoms with Crippen LogP contribution in [0.5, 0.6) is 5.75 Å². The Labute approximate surface area is 256 Å². The molecule has 5 rings (SSSR count). The molecule has 3 aromatic carbocycles. The number of hydrogen-bond donors (Lipinski definition) is 2. The second-order valence-electron chi connectivity index (χ2n) is 11.8. The Morgan fingerprint density at radius 3 is 2.55 bits per heavy atom. The Morgan fingerprint density at radius 1 is 1.05 bits per heavy atom. The van der Waals surface area contributed by atoms with Gasteiger partial charge in [0.15, 0.2) is 0 Å². The maximum absolute atomic E-state index is 13.4. The van der Waals surface area contributed by atoms with Crippen molar-refractivity contribution < 1.29 is 14.3 Å². The number of nitrogens with one attached hydrogen (secondary N) is 2. The monoisotopic (exact) mass is 606 g/mol. The van der Waals surface area contributed by atoms with Crippen LogP contribution in [0, 0.1) is 5.41 Å². The minimum absolute atomic E-state index is 0.0634. The van der Waals surface area contributed by atoms with Crippen molar-refractivity contribution in [3.8, 4) is 5.75 Å². The zero-order chi connectivity index (χ0) is 30.2. The highest BCUT2D eigenvalue weighted by molar-refractivity contribution is 6.36. The molecule has 9 heteroatoms. The summed E-state index contributed by atoms with van der Waals surface area (Å²) in [6.07, 6.45) is 3.64. The van der Waals surface area contributed by atoms with E-state index in [2.05, 4.69) is 22.8 Å². The predicted molar refractivity (Wildman–Crippen MR) is 169 cm³/mol. The van der Waals surface area contributed by atoms with Crippen LogP contribution in [0.15, 0.2) is 42.5 Å². The van der Waals surface area contributed by atoms with Crippen LogP contribution < -0.4 is 15.4 Å². The van der Waals surface area contributed by atoms with Crippen molar-refractivity contribution in [2.24, 2.45) is 12.5 Å². The van der Waals surface area contributed by atoms with E-state index in [9.17, 15) is 9.59 Å². The molecule has 0 unspecified atom stereocenters. The van der Waals surface area contributed by atoms with Crippen LogP contribution in [0.2, 0.25) is 10.0 Å². The van der Waals surface area contributed by atoms with Crippen LogP contribution in [0.1, 0.15) is 72.6 Å². The molecule has 1 aliphatic rings. The maximum atomic E-state index is 13.4. The standard InChI is InChI=1S/C33H36Cl2N4O3/c1-6-42-28-17-27-26(15-24(28)31(40)37-22-12-10-19-8-7-9-20(19)14-22)38-29(39(27)5)16-23-25(34)13-11-21(30(23)35)18-36-32(41)33(2,3)4/h10-15,17H,6-9,16,18H2,1-5H3,(H,36,41)(H,37,40). The average molecular weight is 608 g/mol. The molecule has 42 heavy (non-hydrogen) atoms. The molecule has 2 N–H and O–H groups in total. The minimum atomic E-state index is -0.508. The van der Waals surface area contributed by atoms with Crippen LogP contribution in [-0.2, 0) is 37.6 Å². The van der Waals surface area contributed by atoms with E-state index in [-0.39, 0.29) is 11.8 Å². The summed E-state index contributed by atoms with van der Waals surface area (Å²) in [5, 5.41) is 7.00. The largest absolute Gasteiger partial charge is 0.493 e. The molecule has 0 atom stereocenters. The maximum Gasteiger partial charge on any atom is 0.259 e. The van der Waals surface area contributed by atoms with Gasteiger partial charge in [-0.25, -0.2) is 4.98 Å². The van der Waals surface area contributed by atoms with Gasteiger partial charge in [-0.05, 0) is 72.7 Å². The Morgan fingerprint density at radius 2 is 1.81 bits per heavy atom. The lowest BCUT2D eigenvalue weighted by Crippen LogP contribution is -2.34. The fraction of sp³-hybridized carbons (Fsp3) is 0.364. The number of benzene rings is 3. The first-order valence-electron chi connectivity index (χ1n) is 14.3. The third kappa shape index (κ3) is 6.13. The summed E-state index contributed by atoms with van der Waals surface area (Å²) in [7, 11) is 1.92. The number of carbonyl (C=O) groups is 2. The molecule has 0 bridgehead atoms. The molecule has 1 aliphatic carbocycles. The van der Waals surface area contributed by atoms with Crippen molar-refractivity contribution in [2.75, 3.05) is 11.9 Å². The molecule has 220 valence electrons. The summed E-state index contributed by atoms with van der Waals surface area (Å²) in [6.45, 7) is 8.19. The third-order valence-corrected chi connectivity index (χ3v) is 8.52. The van der Waals surface area contributed by atoms with Gasteiger partial charge in [-0.1, -0.05) is 56.1 Å². The number of fused-ring (bicyclic) bond motifs is 2. The topological polar surface area (TPSA) is 85.2 Å². The summed E-state index contributed by atoms with van der Waals surface area (Å²) < 4.78 is 7.86. The molecule has 7 nitrogen and oxygen atoms in total. The molecule has 1 aromatic heterocycles. The second-order valence-corrected chi connectivity index (χ2v) is 12.5. The molecular formula is C33H36Cl2N4O3. The fourth-order valence-electron chi connectivity index (χ4n) is 5.27. The highest BCUT2D eigenvalue weighted by atomic mass is 35.5. The first-order valence-corrected chi connectivity index (χ1v) is 15.0. The van der Waals surface area contributed by atoms with E-state index in [0.717, 1.165) is 47.4 Å². The van der Waals surface area contributed by atoms with E-state index in [4.69, 9.17) is 32.9 Å². The molecule has 0 fully saturated rings. The van der Waals surface area contributed by atoms with Gasteiger partial charge in [0.05, 0.1) is 28.2 Å². The molecule has 0 aliphatic heterocycles. The molecule has 0 saturated carbocycles. The van der Waals surface area contributed by atoms with Gasteiger partial charge in [0.2, 0.25) is 5.91 Å². The van der Waals surface area contributed by atoms with E-state index in [1.165, 1.54) is 11.1 Å². The quantitative estimate of drug-likeness (QED) is 0.221. The van der Waals surface area contributed by atoms with Crippen molar-refractivity contribution in [2.45, 2.75) is 59.9 Å². The first-order chi connectivity index (χ1) is 20.0. The Bertz CT molecular complexity index is 1690. The zero-order valence-corrected chi connectivity index (χ0v) is 26.2. The number of aryl methyl sites for hydroxylation is 3. The van der Waals surface area contributed by atoms with Crippen LogP contribution in [0.3, 0.4) is 0 Å². The van der Waals surface area contributed by atoms with Crippen LogP contribution in [0.25, 0.3) is 11.0 Å². The predicted octanol–water partition coefficient (Wildman–Crippen LogP) is 7.27. The van der Waals surface area contributed by atoms with E-state index in [1.807, 2.05) is 57.5 Å². The number of hydrogen-bond acceptors (Lipinski definition) is 4.